The van der Waals surface area contributed by atoms with Gasteiger partial charge in [-0.3, -0.25) is 4.79 Å². The van der Waals surface area contributed by atoms with Crippen LogP contribution in [0.5, 0.6) is 0 Å². The van der Waals surface area contributed by atoms with Gasteiger partial charge in [0.25, 0.3) is 0 Å². The molecule has 4 heteroatoms. The Bertz CT molecular complexity index is 203. The van der Waals surface area contributed by atoms with E-state index < -0.39 is 0 Å². The maximum absolute atomic E-state index is 10.9. The summed E-state index contributed by atoms with van der Waals surface area (Å²) in [4.78, 5) is 13.4. The van der Waals surface area contributed by atoms with Gasteiger partial charge in [-0.15, -0.1) is 0 Å². The molecule has 0 aromatic carbocycles. The van der Waals surface area contributed by atoms with Gasteiger partial charge in [0.2, 0.25) is 5.91 Å². The molecule has 1 N–H and O–H groups in total. The zero-order valence-electron chi connectivity index (χ0n) is 10.2. The van der Waals surface area contributed by atoms with E-state index in [0.29, 0.717) is 6.04 Å². The number of alkyl halides is 1. The van der Waals surface area contributed by atoms with E-state index in [1.54, 1.807) is 6.92 Å². The Morgan fingerprint density at radius 3 is 2.56 bits per heavy atom. The van der Waals surface area contributed by atoms with Gasteiger partial charge in [-0.2, -0.15) is 0 Å². The fraction of sp³-hybridized carbons (Fsp3) is 0.917. The number of rotatable bonds is 6. The summed E-state index contributed by atoms with van der Waals surface area (Å²) in [6.07, 6.45) is 6.12. The van der Waals surface area contributed by atoms with Gasteiger partial charge >= 0.3 is 0 Å². The first-order valence-electron chi connectivity index (χ1n) is 6.28. The topological polar surface area (TPSA) is 32.3 Å². The normalized spacial score (nSPS) is 18.6. The van der Waals surface area contributed by atoms with Gasteiger partial charge in [-0.05, 0) is 32.2 Å². The van der Waals surface area contributed by atoms with Gasteiger partial charge in [0.1, 0.15) is 0 Å². The Morgan fingerprint density at radius 2 is 2.00 bits per heavy atom. The minimum Gasteiger partial charge on any atom is -0.354 e. The predicted molar refractivity (Wildman–Crippen MR) is 70.9 cm³/mol. The average molecular weight is 291 g/mol. The maximum Gasteiger partial charge on any atom is 0.217 e. The molecular formula is C12H23BrN2O. The van der Waals surface area contributed by atoms with Crippen LogP contribution in [-0.4, -0.2) is 41.8 Å². The molecule has 0 aromatic heterocycles. The molecule has 0 aliphatic carbocycles. The minimum atomic E-state index is 0.107. The number of nitrogens with zero attached hydrogens (tertiary/aromatic N) is 1. The first-order chi connectivity index (χ1) is 7.72. The summed E-state index contributed by atoms with van der Waals surface area (Å²) < 4.78 is 0. The van der Waals surface area contributed by atoms with Crippen molar-refractivity contribution in [3.63, 3.8) is 0 Å². The number of nitrogens with one attached hydrogen (secondary N) is 1. The Balaban J connectivity index is 2.05. The van der Waals surface area contributed by atoms with Crippen LogP contribution < -0.4 is 5.32 Å². The van der Waals surface area contributed by atoms with Crippen LogP contribution >= 0.6 is 15.9 Å². The van der Waals surface area contributed by atoms with Crippen molar-refractivity contribution < 1.29 is 4.79 Å². The molecule has 0 radical (unpaired) electrons. The number of likely N-dealkylation sites (tertiary alicyclic amines) is 1. The minimum absolute atomic E-state index is 0.107. The number of unbranched alkanes of at least 4 members (excludes halogenated alkanes) is 2. The Hall–Kier alpha value is -0.0900. The summed E-state index contributed by atoms with van der Waals surface area (Å²) in [6, 6.07) is 0.413. The van der Waals surface area contributed by atoms with Crippen molar-refractivity contribution >= 4 is 21.8 Å². The molecule has 0 saturated carbocycles. The molecule has 1 rings (SSSR count). The number of halogens is 1. The van der Waals surface area contributed by atoms with E-state index in [2.05, 4.69) is 26.1 Å². The van der Waals surface area contributed by atoms with E-state index in [-0.39, 0.29) is 5.91 Å². The molecule has 1 heterocycles. The van der Waals surface area contributed by atoms with Gasteiger partial charge in [0.05, 0.1) is 0 Å². The number of hydrogen-bond donors (Lipinski definition) is 1. The number of carbonyl (C=O) groups excluding carboxylic acids is 1. The molecular weight excluding hydrogens is 268 g/mol. The van der Waals surface area contributed by atoms with E-state index in [0.717, 1.165) is 31.3 Å². The summed E-state index contributed by atoms with van der Waals surface area (Å²) in [7, 11) is 0. The van der Waals surface area contributed by atoms with Gasteiger partial charge in [-0.25, -0.2) is 0 Å². The van der Waals surface area contributed by atoms with Crippen molar-refractivity contribution in [1.82, 2.24) is 10.2 Å². The van der Waals surface area contributed by atoms with Crippen molar-refractivity contribution in [3.05, 3.63) is 0 Å². The lowest BCUT2D eigenvalue weighted by Gasteiger charge is -2.32. The highest BCUT2D eigenvalue weighted by molar-refractivity contribution is 9.09. The van der Waals surface area contributed by atoms with Crippen LogP contribution in [0.15, 0.2) is 0 Å². The predicted octanol–water partition coefficient (Wildman–Crippen LogP) is 2.15. The first kappa shape index (κ1) is 14.0. The molecule has 3 nitrogen and oxygen atoms in total. The van der Waals surface area contributed by atoms with Gasteiger partial charge < -0.3 is 10.2 Å². The number of amides is 1. The molecule has 1 saturated heterocycles. The molecule has 1 aliphatic heterocycles. The van der Waals surface area contributed by atoms with Crippen molar-refractivity contribution in [2.75, 3.05) is 25.0 Å². The van der Waals surface area contributed by atoms with E-state index in [9.17, 15) is 4.79 Å². The zero-order chi connectivity index (χ0) is 11.8. The quantitative estimate of drug-likeness (QED) is 0.601. The Kier molecular flexibility index (Phi) is 7.05. The second kappa shape index (κ2) is 8.07. The zero-order valence-corrected chi connectivity index (χ0v) is 11.8. The molecule has 1 aliphatic rings. The van der Waals surface area contributed by atoms with Crippen LogP contribution in [0.25, 0.3) is 0 Å². The van der Waals surface area contributed by atoms with Gasteiger partial charge in [0, 0.05) is 31.4 Å². The fourth-order valence-electron chi connectivity index (χ4n) is 2.20. The SMILES string of the molecule is CC(=O)NC1CCN(CCCCCBr)CC1. The van der Waals surface area contributed by atoms with Crippen molar-refractivity contribution in [3.8, 4) is 0 Å². The van der Waals surface area contributed by atoms with Crippen molar-refractivity contribution in [2.24, 2.45) is 0 Å². The monoisotopic (exact) mass is 290 g/mol. The standard InChI is InChI=1S/C12H23BrN2O/c1-11(16)14-12-5-9-15(10-6-12)8-4-2-3-7-13/h12H,2-10H2,1H3,(H,14,16). The highest BCUT2D eigenvalue weighted by atomic mass is 79.9. The van der Waals surface area contributed by atoms with Crippen molar-refractivity contribution in [2.45, 2.75) is 45.1 Å². The Morgan fingerprint density at radius 1 is 1.31 bits per heavy atom. The molecule has 1 fully saturated rings. The molecule has 0 atom stereocenters. The molecule has 0 unspecified atom stereocenters. The third-order valence-electron chi connectivity index (χ3n) is 3.10. The number of hydrogen-bond acceptors (Lipinski definition) is 2. The Labute approximate surface area is 107 Å². The van der Waals surface area contributed by atoms with Crippen LogP contribution in [-0.2, 0) is 4.79 Å². The third kappa shape index (κ3) is 5.85. The van der Waals surface area contributed by atoms with Crippen molar-refractivity contribution in [1.29, 1.82) is 0 Å². The molecule has 1 amide bonds. The first-order valence-corrected chi connectivity index (χ1v) is 7.40. The third-order valence-corrected chi connectivity index (χ3v) is 3.66. The highest BCUT2D eigenvalue weighted by Crippen LogP contribution is 2.11. The molecule has 0 spiro atoms. The van der Waals surface area contributed by atoms with E-state index in [4.69, 9.17) is 0 Å². The fourth-order valence-corrected chi connectivity index (χ4v) is 2.59. The van der Waals surface area contributed by atoms with Crippen LogP contribution in [0.1, 0.15) is 39.0 Å². The lowest BCUT2D eigenvalue weighted by atomic mass is 10.0. The highest BCUT2D eigenvalue weighted by Gasteiger charge is 2.18. The molecule has 0 bridgehead atoms. The second-order valence-corrected chi connectivity index (χ2v) is 5.36. The van der Waals surface area contributed by atoms with E-state index in [1.807, 2.05) is 0 Å². The molecule has 0 aromatic rings. The lowest BCUT2D eigenvalue weighted by Crippen LogP contribution is -2.44. The summed E-state index contributed by atoms with van der Waals surface area (Å²) in [5.41, 5.74) is 0. The van der Waals surface area contributed by atoms with E-state index in [1.165, 1.54) is 25.8 Å². The van der Waals surface area contributed by atoms with Crippen LogP contribution in [0, 0.1) is 0 Å². The van der Waals surface area contributed by atoms with Crippen LogP contribution in [0.4, 0.5) is 0 Å². The molecule has 94 valence electrons. The maximum atomic E-state index is 10.9. The summed E-state index contributed by atoms with van der Waals surface area (Å²) in [6.45, 7) is 5.10. The lowest BCUT2D eigenvalue weighted by molar-refractivity contribution is -0.119. The largest absolute Gasteiger partial charge is 0.354 e. The van der Waals surface area contributed by atoms with Gasteiger partial charge in [-0.1, -0.05) is 22.4 Å². The summed E-state index contributed by atoms with van der Waals surface area (Å²) in [5, 5.41) is 4.13. The average Bonchev–Trinajstić information content (AvgIpc) is 2.26. The smallest absolute Gasteiger partial charge is 0.217 e. The summed E-state index contributed by atoms with van der Waals surface area (Å²) >= 11 is 3.45. The van der Waals surface area contributed by atoms with Crippen LogP contribution in [0.2, 0.25) is 0 Å². The second-order valence-electron chi connectivity index (χ2n) is 4.57. The number of carbonyl (C=O) groups is 1. The van der Waals surface area contributed by atoms with Gasteiger partial charge in [0.15, 0.2) is 0 Å². The van der Waals surface area contributed by atoms with E-state index >= 15 is 0 Å². The number of piperidine rings is 1. The molecule has 16 heavy (non-hydrogen) atoms. The summed E-state index contributed by atoms with van der Waals surface area (Å²) in [5.74, 6) is 0.107. The van der Waals surface area contributed by atoms with Crippen LogP contribution in [0.3, 0.4) is 0 Å².